The van der Waals surface area contributed by atoms with E-state index in [0.29, 0.717) is 0 Å². The molecule has 72 valence electrons. The topological polar surface area (TPSA) is 20.2 Å². The maximum absolute atomic E-state index is 9.54. The van der Waals surface area contributed by atoms with Crippen molar-refractivity contribution < 1.29 is 5.11 Å². The first-order valence-electron chi connectivity index (χ1n) is 4.74. The van der Waals surface area contributed by atoms with Crippen LogP contribution in [0.25, 0.3) is 0 Å². The second kappa shape index (κ2) is 3.93. The monoisotopic (exact) mass is 179 g/mol. The largest absolute Gasteiger partial charge is 0.393 e. The molecule has 0 aliphatic heterocycles. The third-order valence-electron chi connectivity index (χ3n) is 2.63. The van der Waals surface area contributed by atoms with Gasteiger partial charge in [-0.2, -0.15) is 0 Å². The quantitative estimate of drug-likeness (QED) is 0.707. The van der Waals surface area contributed by atoms with Gasteiger partial charge in [-0.05, 0) is 24.3 Å². The van der Waals surface area contributed by atoms with Gasteiger partial charge in [-0.15, -0.1) is 0 Å². The van der Waals surface area contributed by atoms with Crippen molar-refractivity contribution in [3.8, 4) is 0 Å². The average Bonchev–Trinajstić information content (AvgIpc) is 2.05. The summed E-state index contributed by atoms with van der Waals surface area (Å²) in [5, 5.41) is 9.54. The first-order valence-corrected chi connectivity index (χ1v) is 4.74. The Morgan fingerprint density at radius 2 is 1.77 bits per heavy atom. The molecule has 0 bridgehead atoms. The first kappa shape index (κ1) is 10.3. The van der Waals surface area contributed by atoms with Crippen molar-refractivity contribution in [3.63, 3.8) is 0 Å². The molecule has 1 aromatic rings. The fraction of sp³-hybridized carbons (Fsp3) is 0.500. The molecule has 1 aromatic carbocycles. The summed E-state index contributed by atoms with van der Waals surface area (Å²) in [5.74, 6) is 0. The molecule has 0 fully saturated rings. The third kappa shape index (κ3) is 2.85. The smallest absolute Gasteiger partial charge is 0.0566 e. The van der Waals surface area contributed by atoms with E-state index in [1.807, 2.05) is 25.1 Å². The van der Waals surface area contributed by atoms with E-state index < -0.39 is 0 Å². The first-order chi connectivity index (χ1) is 6.02. The van der Waals surface area contributed by atoms with Crippen molar-refractivity contribution in [1.29, 1.82) is 0 Å². The summed E-state index contributed by atoms with van der Waals surface area (Å²) in [6.07, 6.45) is 0.651. The molecule has 2 atom stereocenters. The van der Waals surface area contributed by atoms with Crippen molar-refractivity contribution in [2.24, 2.45) is 5.41 Å². The lowest BCUT2D eigenvalue weighted by Gasteiger charge is -2.27. The molecule has 0 spiro atoms. The molecule has 0 heterocycles. The average molecular weight is 179 g/mol. The Bertz CT molecular complexity index is 249. The van der Waals surface area contributed by atoms with E-state index in [9.17, 15) is 5.11 Å². The molecule has 1 N–H and O–H groups in total. The van der Waals surface area contributed by atoms with Gasteiger partial charge in [0.2, 0.25) is 0 Å². The van der Waals surface area contributed by atoms with E-state index in [1.54, 1.807) is 0 Å². The lowest BCUT2D eigenvalue weighted by Crippen LogP contribution is -2.28. The number of rotatable bonds is 3. The van der Waals surface area contributed by atoms with Crippen LogP contribution < -0.4 is 0 Å². The molecule has 0 unspecified atom stereocenters. The molecular weight excluding hydrogens is 161 g/mol. The predicted octanol–water partition coefficient (Wildman–Crippen LogP) is 2.64. The minimum Gasteiger partial charge on any atom is -0.393 e. The maximum atomic E-state index is 9.54. The number of benzene rings is 1. The van der Waals surface area contributed by atoms with Crippen LogP contribution in [-0.2, 0) is 6.42 Å². The van der Waals surface area contributed by atoms with Gasteiger partial charge >= 0.3 is 0 Å². The molecule has 1 heteroatoms. The van der Waals surface area contributed by atoms with Crippen LogP contribution in [0.2, 0.25) is 0 Å². The summed E-state index contributed by atoms with van der Waals surface area (Å²) in [4.78, 5) is 0. The zero-order valence-corrected chi connectivity index (χ0v) is 8.62. The molecule has 0 saturated heterocycles. The third-order valence-corrected chi connectivity index (χ3v) is 2.63. The Labute approximate surface area is 80.4 Å². The predicted molar refractivity (Wildman–Crippen MR) is 55.6 cm³/mol. The zero-order chi connectivity index (χ0) is 9.90. The highest BCUT2D eigenvalue weighted by atomic mass is 16.3. The summed E-state index contributed by atoms with van der Waals surface area (Å²) >= 11 is 0. The van der Waals surface area contributed by atoms with E-state index in [1.165, 1.54) is 5.56 Å². The summed E-state index contributed by atoms with van der Waals surface area (Å²) in [6, 6.07) is 10.3. The molecule has 0 radical (unpaired) electrons. The van der Waals surface area contributed by atoms with E-state index in [4.69, 9.17) is 0 Å². The summed E-state index contributed by atoms with van der Waals surface area (Å²) in [7, 11) is 0. The van der Waals surface area contributed by atoms with E-state index in [-0.39, 0.29) is 11.5 Å². The number of hydrogen-bond donors (Lipinski definition) is 1. The number of hydrogen-bond acceptors (Lipinski definition) is 1. The molecule has 0 aliphatic carbocycles. The van der Waals surface area contributed by atoms with Gasteiger partial charge in [0.05, 0.1) is 6.10 Å². The molecule has 1 nitrogen and oxygen atoms in total. The molecule has 0 aliphatic rings. The van der Waals surface area contributed by atoms with Gasteiger partial charge in [0, 0.05) is 0 Å². The second-order valence-corrected chi connectivity index (χ2v) is 4.33. The highest BCUT2D eigenvalue weighted by Crippen LogP contribution is 2.25. The van der Waals surface area contributed by atoms with E-state index in [2.05, 4.69) is 26.0 Å². The Hall–Kier alpha value is -0.820. The van der Waals surface area contributed by atoms with Crippen LogP contribution in [0.15, 0.2) is 30.3 Å². The van der Waals surface area contributed by atoms with Gasteiger partial charge in [-0.1, -0.05) is 44.2 Å². The van der Waals surface area contributed by atoms with Crippen LogP contribution in [0, 0.1) is 5.41 Å². The van der Waals surface area contributed by atoms with Gasteiger partial charge in [-0.3, -0.25) is 0 Å². The Kier molecular flexibility index (Phi) is 3.10. The number of aliphatic hydroxyl groups is 1. The van der Waals surface area contributed by atoms with Gasteiger partial charge in [0.15, 0.2) is 0 Å². The molecule has 13 heavy (non-hydrogen) atoms. The van der Waals surface area contributed by atoms with Crippen LogP contribution in [0.4, 0.5) is 0 Å². The Morgan fingerprint density at radius 3 is 2.23 bits per heavy atom. The normalized spacial score (nSPS) is 17.8. The SMILES string of the molecule is C[C@@H](O)[C@@](C)([13CH3])Cc1ccccc1. The molecule has 0 saturated carbocycles. The zero-order valence-electron chi connectivity index (χ0n) is 8.62. The fourth-order valence-electron chi connectivity index (χ4n) is 1.27. The maximum Gasteiger partial charge on any atom is 0.0566 e. The van der Waals surface area contributed by atoms with Crippen molar-refractivity contribution in [2.75, 3.05) is 0 Å². The molecular formula is C12H18O. The Morgan fingerprint density at radius 1 is 1.23 bits per heavy atom. The minimum atomic E-state index is -0.271. The summed E-state index contributed by atoms with van der Waals surface area (Å²) < 4.78 is 0. The van der Waals surface area contributed by atoms with Crippen LogP contribution in [-0.4, -0.2) is 11.2 Å². The molecule has 1 rings (SSSR count). The van der Waals surface area contributed by atoms with Gasteiger partial charge < -0.3 is 5.11 Å². The van der Waals surface area contributed by atoms with Crippen molar-refractivity contribution in [3.05, 3.63) is 35.9 Å². The standard InChI is InChI=1S/C12H18O/c1-10(13)12(2,3)9-11-7-5-4-6-8-11/h4-8,10,13H,9H2,1-3H3/t10-/m1/s1/i2+1/t10-,12-. The molecule has 0 amide bonds. The van der Waals surface area contributed by atoms with E-state index in [0.717, 1.165) is 6.42 Å². The van der Waals surface area contributed by atoms with Crippen LogP contribution in [0.1, 0.15) is 26.3 Å². The Balaban J connectivity index is 2.69. The lowest BCUT2D eigenvalue weighted by molar-refractivity contribution is 0.0665. The van der Waals surface area contributed by atoms with Crippen molar-refractivity contribution in [2.45, 2.75) is 33.3 Å². The lowest BCUT2D eigenvalue weighted by atomic mass is 9.86. The van der Waals surface area contributed by atoms with E-state index >= 15 is 0 Å². The van der Waals surface area contributed by atoms with Crippen molar-refractivity contribution in [1.82, 2.24) is 0 Å². The molecule has 0 aromatic heterocycles. The van der Waals surface area contributed by atoms with Crippen LogP contribution in [0.3, 0.4) is 0 Å². The van der Waals surface area contributed by atoms with Gasteiger partial charge in [0.25, 0.3) is 0 Å². The fourth-order valence-corrected chi connectivity index (χ4v) is 1.27. The highest BCUT2D eigenvalue weighted by Gasteiger charge is 2.23. The summed E-state index contributed by atoms with van der Waals surface area (Å²) in [5.41, 5.74) is 1.25. The highest BCUT2D eigenvalue weighted by molar-refractivity contribution is 5.16. The van der Waals surface area contributed by atoms with Gasteiger partial charge in [-0.25, -0.2) is 0 Å². The van der Waals surface area contributed by atoms with Crippen LogP contribution in [0.5, 0.6) is 0 Å². The minimum absolute atomic E-state index is 0.0403. The van der Waals surface area contributed by atoms with Crippen molar-refractivity contribution >= 4 is 0 Å². The number of aliphatic hydroxyl groups excluding tert-OH is 1. The second-order valence-electron chi connectivity index (χ2n) is 4.33. The van der Waals surface area contributed by atoms with Crippen LogP contribution >= 0.6 is 0 Å². The van der Waals surface area contributed by atoms with Gasteiger partial charge in [0.1, 0.15) is 0 Å². The summed E-state index contributed by atoms with van der Waals surface area (Å²) in [6.45, 7) is 6.03.